The number of carbonyl (C=O) groups excluding carboxylic acids is 1. The lowest BCUT2D eigenvalue weighted by atomic mass is 9.91. The van der Waals surface area contributed by atoms with Crippen molar-refractivity contribution in [2.24, 2.45) is 0 Å². The van der Waals surface area contributed by atoms with Crippen LogP contribution in [-0.4, -0.2) is 60.7 Å². The van der Waals surface area contributed by atoms with Crippen LogP contribution < -0.4 is 5.32 Å². The topological polar surface area (TPSA) is 104 Å². The molecular formula is C13H20N4O4S. The van der Waals surface area contributed by atoms with Gasteiger partial charge in [-0.25, -0.2) is 8.42 Å². The molecule has 1 amide bonds. The summed E-state index contributed by atoms with van der Waals surface area (Å²) in [5, 5.41) is 9.48. The predicted octanol–water partition coefficient (Wildman–Crippen LogP) is -0.304. The Labute approximate surface area is 129 Å². The summed E-state index contributed by atoms with van der Waals surface area (Å²) >= 11 is 0. The number of aromatic amines is 1. The van der Waals surface area contributed by atoms with Gasteiger partial charge in [0.2, 0.25) is 15.9 Å². The van der Waals surface area contributed by atoms with Gasteiger partial charge < -0.3 is 10.1 Å². The van der Waals surface area contributed by atoms with Gasteiger partial charge in [-0.15, -0.1) is 0 Å². The second kappa shape index (κ2) is 5.32. The third kappa shape index (κ3) is 2.53. The van der Waals surface area contributed by atoms with Crippen LogP contribution in [0.5, 0.6) is 0 Å². The third-order valence-corrected chi connectivity index (χ3v) is 6.57. The molecule has 0 unspecified atom stereocenters. The minimum absolute atomic E-state index is 0.0483. The van der Waals surface area contributed by atoms with Gasteiger partial charge in [-0.3, -0.25) is 9.89 Å². The summed E-state index contributed by atoms with van der Waals surface area (Å²) in [7, 11) is -3.55. The highest BCUT2D eigenvalue weighted by Gasteiger charge is 2.42. The average molecular weight is 328 g/mol. The minimum atomic E-state index is -3.55. The maximum absolute atomic E-state index is 12.8. The smallest absolute Gasteiger partial charge is 0.246 e. The SMILES string of the molecule is Cc1n[nH]c(C)c1S(=O)(=O)N1CCC2(CC1)CNC(=O)CO2. The van der Waals surface area contributed by atoms with Gasteiger partial charge in [0, 0.05) is 19.6 Å². The normalized spacial score (nSPS) is 22.7. The van der Waals surface area contributed by atoms with Crippen molar-refractivity contribution in [2.45, 2.75) is 37.2 Å². The number of carbonyl (C=O) groups is 1. The monoisotopic (exact) mass is 328 g/mol. The van der Waals surface area contributed by atoms with Crippen molar-refractivity contribution >= 4 is 15.9 Å². The first-order chi connectivity index (χ1) is 10.3. The number of nitrogens with zero attached hydrogens (tertiary/aromatic N) is 2. The quantitative estimate of drug-likeness (QED) is 0.775. The first-order valence-electron chi connectivity index (χ1n) is 7.26. The molecule has 2 N–H and O–H groups in total. The number of morpholine rings is 1. The Hall–Kier alpha value is -1.45. The third-order valence-electron chi connectivity index (χ3n) is 4.41. The van der Waals surface area contributed by atoms with Crippen molar-refractivity contribution in [1.29, 1.82) is 0 Å². The Morgan fingerprint density at radius 1 is 1.27 bits per heavy atom. The summed E-state index contributed by atoms with van der Waals surface area (Å²) in [6.45, 7) is 4.64. The second-order valence-electron chi connectivity index (χ2n) is 5.92. The molecule has 3 heterocycles. The van der Waals surface area contributed by atoms with E-state index in [2.05, 4.69) is 15.5 Å². The van der Waals surface area contributed by atoms with Crippen LogP contribution in [0.25, 0.3) is 0 Å². The van der Waals surface area contributed by atoms with E-state index < -0.39 is 15.6 Å². The molecule has 0 radical (unpaired) electrons. The Balaban J connectivity index is 1.75. The molecule has 1 spiro atoms. The lowest BCUT2D eigenvalue weighted by molar-refractivity contribution is -0.148. The van der Waals surface area contributed by atoms with E-state index in [0.29, 0.717) is 43.9 Å². The maximum atomic E-state index is 12.8. The molecule has 1 aromatic heterocycles. The van der Waals surface area contributed by atoms with Gasteiger partial charge in [-0.2, -0.15) is 9.40 Å². The standard InChI is InChI=1S/C13H20N4O4S/c1-9-12(10(2)16-15-9)22(19,20)17-5-3-13(4-6-17)8-14-11(18)7-21-13/h3-8H2,1-2H3,(H,14,18)(H,15,16). The molecule has 9 heteroatoms. The molecule has 122 valence electrons. The van der Waals surface area contributed by atoms with E-state index in [4.69, 9.17) is 4.74 Å². The first kappa shape index (κ1) is 15.4. The van der Waals surface area contributed by atoms with E-state index >= 15 is 0 Å². The summed E-state index contributed by atoms with van der Waals surface area (Å²) in [6.07, 6.45) is 1.14. The fourth-order valence-corrected chi connectivity index (χ4v) is 4.86. The highest BCUT2D eigenvalue weighted by molar-refractivity contribution is 7.89. The van der Waals surface area contributed by atoms with Gasteiger partial charge in [0.25, 0.3) is 0 Å². The summed E-state index contributed by atoms with van der Waals surface area (Å²) in [5.74, 6) is -0.120. The molecule has 0 saturated carbocycles. The molecule has 1 aromatic rings. The second-order valence-corrected chi connectivity index (χ2v) is 7.79. The number of hydrogen-bond acceptors (Lipinski definition) is 5. The number of aromatic nitrogens is 2. The Morgan fingerprint density at radius 3 is 2.45 bits per heavy atom. The molecule has 22 heavy (non-hydrogen) atoms. The van der Waals surface area contributed by atoms with Gasteiger partial charge >= 0.3 is 0 Å². The number of amides is 1. The van der Waals surface area contributed by atoms with E-state index in [1.165, 1.54) is 4.31 Å². The average Bonchev–Trinajstić information content (AvgIpc) is 2.83. The van der Waals surface area contributed by atoms with E-state index in [1.54, 1.807) is 13.8 Å². The molecule has 0 aliphatic carbocycles. The van der Waals surface area contributed by atoms with Crippen molar-refractivity contribution in [1.82, 2.24) is 19.8 Å². The summed E-state index contributed by atoms with van der Waals surface area (Å²) in [5.41, 5.74) is 0.610. The van der Waals surface area contributed by atoms with E-state index in [0.717, 1.165) is 0 Å². The van der Waals surface area contributed by atoms with Crippen molar-refractivity contribution in [2.75, 3.05) is 26.2 Å². The summed E-state index contributed by atoms with van der Waals surface area (Å²) in [4.78, 5) is 11.5. The van der Waals surface area contributed by atoms with Gasteiger partial charge in [0.1, 0.15) is 11.5 Å². The highest BCUT2D eigenvalue weighted by Crippen LogP contribution is 2.31. The van der Waals surface area contributed by atoms with Gasteiger partial charge in [-0.05, 0) is 26.7 Å². The number of rotatable bonds is 2. The fraction of sp³-hybridized carbons (Fsp3) is 0.692. The van der Waals surface area contributed by atoms with Crippen LogP contribution in [0.1, 0.15) is 24.2 Å². The van der Waals surface area contributed by atoms with Crippen LogP contribution in [0.4, 0.5) is 0 Å². The van der Waals surface area contributed by atoms with E-state index in [9.17, 15) is 13.2 Å². The molecule has 2 fully saturated rings. The molecule has 2 aliphatic heterocycles. The number of aryl methyl sites for hydroxylation is 2. The summed E-state index contributed by atoms with van der Waals surface area (Å²) < 4.78 is 32.7. The van der Waals surface area contributed by atoms with Crippen LogP contribution in [-0.2, 0) is 19.6 Å². The number of ether oxygens (including phenoxy) is 1. The number of nitrogens with one attached hydrogen (secondary N) is 2. The molecule has 0 atom stereocenters. The lowest BCUT2D eigenvalue weighted by Crippen LogP contribution is -2.57. The zero-order valence-electron chi connectivity index (χ0n) is 12.7. The number of H-pyrrole nitrogens is 1. The summed E-state index contributed by atoms with van der Waals surface area (Å²) in [6, 6.07) is 0. The molecule has 0 aromatic carbocycles. The fourth-order valence-electron chi connectivity index (χ4n) is 3.09. The van der Waals surface area contributed by atoms with Crippen LogP contribution in [0.3, 0.4) is 0 Å². The number of piperidine rings is 1. The van der Waals surface area contributed by atoms with Crippen LogP contribution in [0.15, 0.2) is 4.90 Å². The van der Waals surface area contributed by atoms with Gasteiger partial charge in [0.15, 0.2) is 0 Å². The molecule has 0 bridgehead atoms. The maximum Gasteiger partial charge on any atom is 0.246 e. The minimum Gasteiger partial charge on any atom is -0.363 e. The van der Waals surface area contributed by atoms with Crippen molar-refractivity contribution in [3.63, 3.8) is 0 Å². The molecule has 8 nitrogen and oxygen atoms in total. The molecule has 3 rings (SSSR count). The highest BCUT2D eigenvalue weighted by atomic mass is 32.2. The largest absolute Gasteiger partial charge is 0.363 e. The number of sulfonamides is 1. The molecule has 2 saturated heterocycles. The lowest BCUT2D eigenvalue weighted by Gasteiger charge is -2.43. The van der Waals surface area contributed by atoms with Gasteiger partial charge in [-0.1, -0.05) is 0 Å². The Bertz CT molecular complexity index is 657. The number of hydrogen-bond donors (Lipinski definition) is 2. The van der Waals surface area contributed by atoms with Crippen LogP contribution >= 0.6 is 0 Å². The first-order valence-corrected chi connectivity index (χ1v) is 8.70. The Morgan fingerprint density at radius 2 is 1.95 bits per heavy atom. The predicted molar refractivity (Wildman–Crippen MR) is 77.7 cm³/mol. The van der Waals surface area contributed by atoms with E-state index in [1.807, 2.05) is 0 Å². The van der Waals surface area contributed by atoms with Crippen LogP contribution in [0, 0.1) is 13.8 Å². The Kier molecular flexibility index (Phi) is 3.74. The molecule has 2 aliphatic rings. The van der Waals surface area contributed by atoms with E-state index in [-0.39, 0.29) is 17.4 Å². The van der Waals surface area contributed by atoms with Crippen molar-refractivity contribution < 1.29 is 17.9 Å². The van der Waals surface area contributed by atoms with Crippen LogP contribution in [0.2, 0.25) is 0 Å². The zero-order valence-corrected chi connectivity index (χ0v) is 13.5. The van der Waals surface area contributed by atoms with Crippen molar-refractivity contribution in [3.8, 4) is 0 Å². The van der Waals surface area contributed by atoms with Gasteiger partial charge in [0.05, 0.1) is 17.0 Å². The molecular weight excluding hydrogens is 308 g/mol. The van der Waals surface area contributed by atoms with Crippen molar-refractivity contribution in [3.05, 3.63) is 11.4 Å². The zero-order chi connectivity index (χ0) is 16.0.